The molecule has 1 aromatic heterocycles. The van der Waals surface area contributed by atoms with Crippen LogP contribution in [0.2, 0.25) is 0 Å². The largest absolute Gasteiger partial charge is 0.357 e. The first kappa shape index (κ1) is 15.3. The predicted octanol–water partition coefficient (Wildman–Crippen LogP) is 3.66. The quantitative estimate of drug-likeness (QED) is 0.912. The molecular formula is C17H29N3. The number of rotatable bonds is 3. The number of aryl methyl sites for hydroxylation is 1. The van der Waals surface area contributed by atoms with Gasteiger partial charge >= 0.3 is 0 Å². The van der Waals surface area contributed by atoms with Crippen LogP contribution in [-0.4, -0.2) is 23.6 Å². The van der Waals surface area contributed by atoms with E-state index in [1.54, 1.807) is 0 Å². The van der Waals surface area contributed by atoms with Crippen LogP contribution in [-0.2, 0) is 6.54 Å². The molecule has 1 aliphatic heterocycles. The van der Waals surface area contributed by atoms with Gasteiger partial charge in [0.15, 0.2) is 0 Å². The van der Waals surface area contributed by atoms with Crippen LogP contribution >= 0.6 is 0 Å². The van der Waals surface area contributed by atoms with Crippen LogP contribution in [0.25, 0.3) is 0 Å². The number of aromatic nitrogens is 1. The summed E-state index contributed by atoms with van der Waals surface area (Å²) in [7, 11) is 0. The Morgan fingerprint density at radius 2 is 1.75 bits per heavy atom. The highest BCUT2D eigenvalue weighted by atomic mass is 15.2. The van der Waals surface area contributed by atoms with Crippen LogP contribution in [0.3, 0.4) is 0 Å². The van der Waals surface area contributed by atoms with Gasteiger partial charge in [-0.25, -0.2) is 4.98 Å². The van der Waals surface area contributed by atoms with Crippen molar-refractivity contribution in [1.29, 1.82) is 0 Å². The number of nitrogens with one attached hydrogen (secondary N) is 1. The molecule has 1 saturated heterocycles. The third-order valence-electron chi connectivity index (χ3n) is 3.75. The summed E-state index contributed by atoms with van der Waals surface area (Å²) in [5, 5.41) is 3.56. The standard InChI is InChI=1S/C17H29N3/c1-14-11-15(13-18-17(2,3)4)12-16(19-14)20-9-7-5-6-8-10-20/h11-12,18H,5-10,13H2,1-4H3. The van der Waals surface area contributed by atoms with Gasteiger partial charge in [-0.3, -0.25) is 0 Å². The second-order valence-electron chi connectivity index (χ2n) is 6.98. The van der Waals surface area contributed by atoms with E-state index in [9.17, 15) is 0 Å². The first-order chi connectivity index (χ1) is 9.44. The number of anilines is 1. The molecule has 3 heteroatoms. The number of hydrogen-bond acceptors (Lipinski definition) is 3. The summed E-state index contributed by atoms with van der Waals surface area (Å²) in [6.45, 7) is 11.9. The normalized spacial score (nSPS) is 17.1. The van der Waals surface area contributed by atoms with E-state index >= 15 is 0 Å². The van der Waals surface area contributed by atoms with E-state index in [-0.39, 0.29) is 5.54 Å². The van der Waals surface area contributed by atoms with Gasteiger partial charge in [0.25, 0.3) is 0 Å². The SMILES string of the molecule is Cc1cc(CNC(C)(C)C)cc(N2CCCCCC2)n1. The highest BCUT2D eigenvalue weighted by Crippen LogP contribution is 2.20. The van der Waals surface area contributed by atoms with E-state index < -0.39 is 0 Å². The average Bonchev–Trinajstić information content (AvgIpc) is 2.64. The Hall–Kier alpha value is -1.09. The molecule has 1 N–H and O–H groups in total. The van der Waals surface area contributed by atoms with Gasteiger partial charge in [0, 0.05) is 30.9 Å². The summed E-state index contributed by atoms with van der Waals surface area (Å²) >= 11 is 0. The molecule has 0 saturated carbocycles. The second kappa shape index (κ2) is 6.57. The summed E-state index contributed by atoms with van der Waals surface area (Å²) < 4.78 is 0. The summed E-state index contributed by atoms with van der Waals surface area (Å²) in [5.74, 6) is 1.16. The molecule has 0 aromatic carbocycles. The molecule has 112 valence electrons. The van der Waals surface area contributed by atoms with Crippen LogP contribution in [0.5, 0.6) is 0 Å². The Bertz CT molecular complexity index is 426. The minimum absolute atomic E-state index is 0.153. The highest BCUT2D eigenvalue weighted by Gasteiger charge is 2.13. The van der Waals surface area contributed by atoms with Gasteiger partial charge in [-0.15, -0.1) is 0 Å². The monoisotopic (exact) mass is 275 g/mol. The molecule has 0 bridgehead atoms. The van der Waals surface area contributed by atoms with Crippen molar-refractivity contribution in [2.24, 2.45) is 0 Å². The molecule has 0 amide bonds. The molecule has 20 heavy (non-hydrogen) atoms. The molecule has 1 aliphatic rings. The molecule has 2 heterocycles. The van der Waals surface area contributed by atoms with E-state index in [4.69, 9.17) is 4.98 Å². The van der Waals surface area contributed by atoms with Crippen molar-refractivity contribution >= 4 is 5.82 Å². The minimum Gasteiger partial charge on any atom is -0.357 e. The lowest BCUT2D eigenvalue weighted by atomic mass is 10.1. The molecule has 0 aliphatic carbocycles. The lowest BCUT2D eigenvalue weighted by molar-refractivity contribution is 0.424. The molecule has 0 spiro atoms. The van der Waals surface area contributed by atoms with Crippen molar-refractivity contribution in [1.82, 2.24) is 10.3 Å². The second-order valence-corrected chi connectivity index (χ2v) is 6.98. The van der Waals surface area contributed by atoms with E-state index in [2.05, 4.69) is 50.0 Å². The fraction of sp³-hybridized carbons (Fsp3) is 0.706. The maximum Gasteiger partial charge on any atom is 0.129 e. The Balaban J connectivity index is 2.11. The molecule has 1 fully saturated rings. The molecule has 3 nitrogen and oxygen atoms in total. The Kier molecular flexibility index (Phi) is 5.03. The minimum atomic E-state index is 0.153. The van der Waals surface area contributed by atoms with Gasteiger partial charge in [0.05, 0.1) is 0 Å². The van der Waals surface area contributed by atoms with E-state index in [0.29, 0.717) is 0 Å². The number of nitrogens with zero attached hydrogens (tertiary/aromatic N) is 2. The summed E-state index contributed by atoms with van der Waals surface area (Å²) in [6.07, 6.45) is 5.32. The van der Waals surface area contributed by atoms with Crippen molar-refractivity contribution in [3.05, 3.63) is 23.4 Å². The third-order valence-corrected chi connectivity index (χ3v) is 3.75. The smallest absolute Gasteiger partial charge is 0.129 e. The summed E-state index contributed by atoms with van der Waals surface area (Å²) in [4.78, 5) is 7.20. The van der Waals surface area contributed by atoms with Gasteiger partial charge in [0.1, 0.15) is 5.82 Å². The average molecular weight is 275 g/mol. The van der Waals surface area contributed by atoms with E-state index in [1.165, 1.54) is 31.2 Å². The zero-order valence-corrected chi connectivity index (χ0v) is 13.5. The van der Waals surface area contributed by atoms with Gasteiger partial charge in [-0.1, -0.05) is 12.8 Å². The molecule has 2 rings (SSSR count). The number of hydrogen-bond donors (Lipinski definition) is 1. The third kappa shape index (κ3) is 4.78. The topological polar surface area (TPSA) is 28.2 Å². The lowest BCUT2D eigenvalue weighted by Gasteiger charge is -2.24. The summed E-state index contributed by atoms with van der Waals surface area (Å²) in [6, 6.07) is 4.46. The van der Waals surface area contributed by atoms with Crippen molar-refractivity contribution in [2.75, 3.05) is 18.0 Å². The first-order valence-corrected chi connectivity index (χ1v) is 7.92. The van der Waals surface area contributed by atoms with Crippen molar-refractivity contribution in [3.8, 4) is 0 Å². The molecule has 1 aromatic rings. The lowest BCUT2D eigenvalue weighted by Crippen LogP contribution is -2.35. The Morgan fingerprint density at radius 1 is 1.10 bits per heavy atom. The van der Waals surface area contributed by atoms with Crippen molar-refractivity contribution in [2.45, 2.75) is 65.5 Å². The van der Waals surface area contributed by atoms with Gasteiger partial charge < -0.3 is 10.2 Å². The van der Waals surface area contributed by atoms with Crippen LogP contribution in [0.1, 0.15) is 57.7 Å². The maximum absolute atomic E-state index is 4.74. The maximum atomic E-state index is 4.74. The van der Waals surface area contributed by atoms with Crippen LogP contribution in [0.4, 0.5) is 5.82 Å². The predicted molar refractivity (Wildman–Crippen MR) is 86.2 cm³/mol. The molecule has 0 unspecified atom stereocenters. The first-order valence-electron chi connectivity index (χ1n) is 7.92. The zero-order chi connectivity index (χ0) is 14.6. The summed E-state index contributed by atoms with van der Waals surface area (Å²) in [5.41, 5.74) is 2.61. The fourth-order valence-electron chi connectivity index (χ4n) is 2.65. The van der Waals surface area contributed by atoms with E-state index in [1.807, 2.05) is 0 Å². The fourth-order valence-corrected chi connectivity index (χ4v) is 2.65. The molecule has 0 atom stereocenters. The van der Waals surface area contributed by atoms with Crippen LogP contribution in [0, 0.1) is 6.92 Å². The number of pyridine rings is 1. The Labute approximate surface area is 123 Å². The van der Waals surface area contributed by atoms with Gasteiger partial charge in [-0.2, -0.15) is 0 Å². The molecule has 0 radical (unpaired) electrons. The van der Waals surface area contributed by atoms with Crippen LogP contribution in [0.15, 0.2) is 12.1 Å². The Morgan fingerprint density at radius 3 is 2.35 bits per heavy atom. The van der Waals surface area contributed by atoms with Crippen molar-refractivity contribution in [3.63, 3.8) is 0 Å². The molecular weight excluding hydrogens is 246 g/mol. The van der Waals surface area contributed by atoms with Crippen molar-refractivity contribution < 1.29 is 0 Å². The van der Waals surface area contributed by atoms with Gasteiger partial charge in [-0.05, 0) is 58.2 Å². The van der Waals surface area contributed by atoms with Crippen LogP contribution < -0.4 is 10.2 Å². The highest BCUT2D eigenvalue weighted by molar-refractivity contribution is 5.42. The zero-order valence-electron chi connectivity index (χ0n) is 13.5. The van der Waals surface area contributed by atoms with E-state index in [0.717, 1.165) is 31.1 Å². The van der Waals surface area contributed by atoms with Gasteiger partial charge in [0.2, 0.25) is 0 Å².